The summed E-state index contributed by atoms with van der Waals surface area (Å²) in [4.78, 5) is 33.0. The lowest BCUT2D eigenvalue weighted by Crippen LogP contribution is -2.17. The fraction of sp³-hybridized carbons (Fsp3) is 0.167. The summed E-state index contributed by atoms with van der Waals surface area (Å²) in [6.07, 6.45) is 2.80. The van der Waals surface area contributed by atoms with Crippen LogP contribution in [0.3, 0.4) is 0 Å². The van der Waals surface area contributed by atoms with Crippen LogP contribution in [0.25, 0.3) is 16.7 Å². The highest BCUT2D eigenvalue weighted by molar-refractivity contribution is 6.05. The normalized spacial score (nSPS) is 10.6. The van der Waals surface area contributed by atoms with Crippen molar-refractivity contribution in [3.05, 3.63) is 70.5 Å². The highest BCUT2D eigenvalue weighted by atomic mass is 16.2. The first-order valence-electron chi connectivity index (χ1n) is 10.2. The van der Waals surface area contributed by atoms with E-state index in [4.69, 9.17) is 4.98 Å². The molecule has 0 unspecified atom stereocenters. The van der Waals surface area contributed by atoms with E-state index < -0.39 is 5.91 Å². The summed E-state index contributed by atoms with van der Waals surface area (Å²) >= 11 is 0. The Morgan fingerprint density at radius 1 is 1.06 bits per heavy atom. The zero-order valence-electron chi connectivity index (χ0n) is 18.6. The Morgan fingerprint density at radius 2 is 1.85 bits per heavy atom. The molecule has 9 nitrogen and oxygen atoms in total. The number of hydrogen-bond acceptors (Lipinski definition) is 6. The molecular weight excluding hydrogens is 418 g/mol. The van der Waals surface area contributed by atoms with Gasteiger partial charge in [0, 0.05) is 24.1 Å². The average molecular weight is 439 g/mol. The maximum absolute atomic E-state index is 13.0. The second kappa shape index (κ2) is 8.51. The topological polar surface area (TPSA) is 126 Å². The van der Waals surface area contributed by atoms with Gasteiger partial charge in [-0.15, -0.1) is 0 Å². The minimum atomic E-state index is -0.480. The molecule has 0 aliphatic rings. The Morgan fingerprint density at radius 3 is 2.58 bits per heavy atom. The molecule has 0 atom stereocenters. The van der Waals surface area contributed by atoms with Gasteiger partial charge in [-0.25, -0.2) is 9.97 Å². The number of rotatable bonds is 4. The van der Waals surface area contributed by atoms with Crippen molar-refractivity contribution in [3.8, 4) is 11.9 Å². The number of nitrogens with zero attached hydrogens (tertiary/aromatic N) is 5. The first-order chi connectivity index (χ1) is 15.8. The quantitative estimate of drug-likeness (QED) is 0.498. The molecule has 164 valence electrons. The molecule has 1 aromatic carbocycles. The first-order valence-corrected chi connectivity index (χ1v) is 10.2. The van der Waals surface area contributed by atoms with Crippen LogP contribution in [-0.4, -0.2) is 31.6 Å². The largest absolute Gasteiger partial charge is 0.311 e. The molecule has 0 radical (unpaired) electrons. The van der Waals surface area contributed by atoms with Crippen LogP contribution in [0.2, 0.25) is 0 Å². The van der Waals surface area contributed by atoms with Gasteiger partial charge >= 0.3 is 0 Å². The minimum Gasteiger partial charge on any atom is -0.311 e. The van der Waals surface area contributed by atoms with Crippen LogP contribution in [0.15, 0.2) is 42.7 Å². The predicted octanol–water partition coefficient (Wildman–Crippen LogP) is 3.82. The Kier molecular flexibility index (Phi) is 5.58. The summed E-state index contributed by atoms with van der Waals surface area (Å²) < 4.78 is 1.44. The fourth-order valence-corrected chi connectivity index (χ4v) is 3.66. The number of nitrogens with one attached hydrogen (secondary N) is 2. The van der Waals surface area contributed by atoms with Gasteiger partial charge in [-0.1, -0.05) is 11.6 Å². The number of carbonyl (C=O) groups excluding carboxylic acids is 2. The molecule has 2 N–H and O–H groups in total. The van der Waals surface area contributed by atoms with Crippen LogP contribution < -0.4 is 10.6 Å². The van der Waals surface area contributed by atoms with Gasteiger partial charge < -0.3 is 10.6 Å². The molecule has 3 heterocycles. The van der Waals surface area contributed by atoms with Crippen molar-refractivity contribution in [2.45, 2.75) is 27.7 Å². The molecule has 4 aromatic rings. The van der Waals surface area contributed by atoms with Gasteiger partial charge in [0.2, 0.25) is 5.91 Å². The van der Waals surface area contributed by atoms with E-state index in [1.165, 1.54) is 36.1 Å². The lowest BCUT2D eigenvalue weighted by Gasteiger charge is -2.13. The maximum Gasteiger partial charge on any atom is 0.257 e. The van der Waals surface area contributed by atoms with E-state index in [1.807, 2.05) is 26.8 Å². The molecule has 0 saturated heterocycles. The number of benzene rings is 1. The molecule has 0 aliphatic heterocycles. The van der Waals surface area contributed by atoms with Crippen molar-refractivity contribution in [2.75, 3.05) is 10.6 Å². The first kappa shape index (κ1) is 21.6. The van der Waals surface area contributed by atoms with E-state index in [0.717, 1.165) is 27.6 Å². The lowest BCUT2D eigenvalue weighted by atomic mass is 10.0. The van der Waals surface area contributed by atoms with Crippen LogP contribution in [-0.2, 0) is 4.79 Å². The van der Waals surface area contributed by atoms with E-state index in [0.29, 0.717) is 5.82 Å². The van der Waals surface area contributed by atoms with Crippen LogP contribution >= 0.6 is 0 Å². The minimum absolute atomic E-state index is 0.194. The Bertz CT molecular complexity index is 1460. The lowest BCUT2D eigenvalue weighted by molar-refractivity contribution is -0.114. The van der Waals surface area contributed by atoms with Gasteiger partial charge in [0.15, 0.2) is 11.6 Å². The highest BCUT2D eigenvalue weighted by Crippen LogP contribution is 2.26. The van der Waals surface area contributed by atoms with Crippen LogP contribution in [0.4, 0.5) is 11.6 Å². The van der Waals surface area contributed by atoms with Crippen LogP contribution in [0, 0.1) is 32.1 Å². The average Bonchev–Trinajstić information content (AvgIpc) is 3.16. The summed E-state index contributed by atoms with van der Waals surface area (Å²) in [6.45, 7) is 7.37. The predicted molar refractivity (Wildman–Crippen MR) is 124 cm³/mol. The summed E-state index contributed by atoms with van der Waals surface area (Å²) in [5.41, 5.74) is 4.46. The SMILES string of the molecule is CC(=O)Nc1cc(C(=O)Nc2c(C#N)cnn2-c2cc(C)c3cc(C)cc(C)c3n2)ccn1. The molecule has 33 heavy (non-hydrogen) atoms. The van der Waals surface area contributed by atoms with Crippen molar-refractivity contribution in [2.24, 2.45) is 0 Å². The molecule has 0 bridgehead atoms. The molecule has 0 fully saturated rings. The molecule has 2 amide bonds. The van der Waals surface area contributed by atoms with Gasteiger partial charge in [-0.3, -0.25) is 9.59 Å². The highest BCUT2D eigenvalue weighted by Gasteiger charge is 2.19. The molecule has 4 rings (SSSR count). The number of amides is 2. The second-order valence-electron chi connectivity index (χ2n) is 7.77. The van der Waals surface area contributed by atoms with Crippen LogP contribution in [0.5, 0.6) is 0 Å². The van der Waals surface area contributed by atoms with Crippen molar-refractivity contribution >= 4 is 34.4 Å². The summed E-state index contributed by atoms with van der Waals surface area (Å²) in [5, 5.41) is 20.2. The molecule has 9 heteroatoms. The standard InChI is InChI=1S/C24H21N7O2/c1-13-7-15(3)22-19(8-13)14(2)9-21(29-22)31-23(18(11-25)12-27-31)30-24(33)17-5-6-26-20(10-17)28-16(4)32/h5-10,12H,1-4H3,(H,30,33)(H,26,28,32). The molecule has 0 aliphatic carbocycles. The number of hydrogen-bond donors (Lipinski definition) is 2. The summed E-state index contributed by atoms with van der Waals surface area (Å²) in [5.74, 6) is 0.162. The molecule has 0 saturated carbocycles. The van der Waals surface area contributed by atoms with E-state index >= 15 is 0 Å². The van der Waals surface area contributed by atoms with Crippen LogP contribution in [0.1, 0.15) is 39.5 Å². The summed E-state index contributed by atoms with van der Waals surface area (Å²) in [7, 11) is 0. The zero-order chi connectivity index (χ0) is 23.7. The van der Waals surface area contributed by atoms with Gasteiger partial charge in [-0.2, -0.15) is 15.0 Å². The van der Waals surface area contributed by atoms with Gasteiger partial charge in [-0.05, 0) is 56.2 Å². The third-order valence-corrected chi connectivity index (χ3v) is 5.11. The molecule has 3 aromatic heterocycles. The van der Waals surface area contributed by atoms with Crippen molar-refractivity contribution in [3.63, 3.8) is 0 Å². The van der Waals surface area contributed by atoms with Gasteiger partial charge in [0.05, 0.1) is 11.7 Å². The number of nitriles is 1. The number of aryl methyl sites for hydroxylation is 3. The summed E-state index contributed by atoms with van der Waals surface area (Å²) in [6, 6.07) is 11.0. The zero-order valence-corrected chi connectivity index (χ0v) is 18.6. The molecule has 0 spiro atoms. The number of aromatic nitrogens is 4. The third-order valence-electron chi connectivity index (χ3n) is 5.11. The van der Waals surface area contributed by atoms with Crippen molar-refractivity contribution in [1.29, 1.82) is 5.26 Å². The Hall–Kier alpha value is -4.58. The number of anilines is 2. The fourth-order valence-electron chi connectivity index (χ4n) is 3.66. The van der Waals surface area contributed by atoms with E-state index in [9.17, 15) is 14.9 Å². The molecular formula is C24H21N7O2. The van der Waals surface area contributed by atoms with Gasteiger partial charge in [0.1, 0.15) is 17.5 Å². The second-order valence-corrected chi connectivity index (χ2v) is 7.77. The van der Waals surface area contributed by atoms with Crippen molar-refractivity contribution < 1.29 is 9.59 Å². The Balaban J connectivity index is 1.76. The number of pyridine rings is 2. The monoisotopic (exact) mass is 439 g/mol. The smallest absolute Gasteiger partial charge is 0.257 e. The van der Waals surface area contributed by atoms with Gasteiger partial charge in [0.25, 0.3) is 5.91 Å². The van der Waals surface area contributed by atoms with E-state index in [2.05, 4.69) is 38.9 Å². The number of fused-ring (bicyclic) bond motifs is 1. The number of carbonyl (C=O) groups is 2. The van der Waals surface area contributed by atoms with Crippen molar-refractivity contribution in [1.82, 2.24) is 19.7 Å². The van der Waals surface area contributed by atoms with E-state index in [-0.39, 0.29) is 28.7 Å². The maximum atomic E-state index is 13.0. The van der Waals surface area contributed by atoms with E-state index in [1.54, 1.807) is 0 Å². The Labute approximate surface area is 190 Å². The third kappa shape index (κ3) is 4.27.